The molecular formula is C20H32N4O2. The van der Waals surface area contributed by atoms with Crippen LogP contribution in [0.3, 0.4) is 0 Å². The Morgan fingerprint density at radius 2 is 1.73 bits per heavy atom. The van der Waals surface area contributed by atoms with Crippen LogP contribution in [-0.4, -0.2) is 56.9 Å². The van der Waals surface area contributed by atoms with E-state index >= 15 is 0 Å². The van der Waals surface area contributed by atoms with Gasteiger partial charge >= 0.3 is 0 Å². The molecule has 144 valence electrons. The number of hydrogen-bond acceptors (Lipinski definition) is 6. The van der Waals surface area contributed by atoms with Crippen molar-refractivity contribution in [1.29, 1.82) is 0 Å². The van der Waals surface area contributed by atoms with E-state index in [1.54, 1.807) is 0 Å². The second-order valence-electron chi connectivity index (χ2n) is 7.89. The number of aryl methyl sites for hydroxylation is 1. The van der Waals surface area contributed by atoms with Gasteiger partial charge in [-0.1, -0.05) is 18.4 Å². The number of aromatic nitrogens is 2. The van der Waals surface area contributed by atoms with Crippen molar-refractivity contribution in [3.05, 3.63) is 22.7 Å². The molecule has 0 amide bonds. The first kappa shape index (κ1) is 19.3. The second-order valence-corrected chi connectivity index (χ2v) is 7.89. The highest BCUT2D eigenvalue weighted by Crippen LogP contribution is 2.36. The molecule has 0 radical (unpaired) electrons. The van der Waals surface area contributed by atoms with E-state index in [-0.39, 0.29) is 12.2 Å². The summed E-state index contributed by atoms with van der Waals surface area (Å²) in [7, 11) is 0. The van der Waals surface area contributed by atoms with Gasteiger partial charge in [0.2, 0.25) is 0 Å². The average molecular weight is 361 g/mol. The number of allylic oxidation sites excluding steroid dienone is 2. The molecular weight excluding hydrogens is 328 g/mol. The van der Waals surface area contributed by atoms with Crippen LogP contribution in [0, 0.1) is 6.92 Å². The molecule has 0 aromatic carbocycles. The number of nitrogen functional groups attached to an aromatic ring is 1. The molecule has 1 saturated heterocycles. The summed E-state index contributed by atoms with van der Waals surface area (Å²) in [5.74, 6) is 1.38. The summed E-state index contributed by atoms with van der Waals surface area (Å²) >= 11 is 0. The Hall–Kier alpha value is -1.50. The van der Waals surface area contributed by atoms with E-state index in [2.05, 4.69) is 21.8 Å². The van der Waals surface area contributed by atoms with E-state index in [0.29, 0.717) is 25.3 Å². The SMILES string of the molecule is CC1=C(CCCCCCN2C[C@H](O)C[C@@H](O)C2)c2nc(C)nc(N)c2C1. The maximum Gasteiger partial charge on any atom is 0.131 e. The van der Waals surface area contributed by atoms with Gasteiger partial charge in [0.05, 0.1) is 17.9 Å². The molecule has 1 aromatic rings. The van der Waals surface area contributed by atoms with E-state index in [4.69, 9.17) is 5.73 Å². The number of unbranched alkanes of at least 4 members (excludes halogenated alkanes) is 3. The lowest BCUT2D eigenvalue weighted by atomic mass is 10.0. The van der Waals surface area contributed by atoms with Gasteiger partial charge in [-0.3, -0.25) is 4.90 Å². The van der Waals surface area contributed by atoms with Crippen LogP contribution in [0.1, 0.15) is 62.5 Å². The van der Waals surface area contributed by atoms with E-state index in [1.807, 2.05) is 6.92 Å². The maximum absolute atomic E-state index is 9.73. The predicted octanol–water partition coefficient (Wildman–Crippen LogP) is 2.07. The topological polar surface area (TPSA) is 95.5 Å². The zero-order chi connectivity index (χ0) is 18.7. The zero-order valence-corrected chi connectivity index (χ0v) is 16.0. The summed E-state index contributed by atoms with van der Waals surface area (Å²) in [6, 6.07) is 0. The number of piperidine rings is 1. The number of hydrogen-bond donors (Lipinski definition) is 3. The van der Waals surface area contributed by atoms with Crippen molar-refractivity contribution in [1.82, 2.24) is 14.9 Å². The lowest BCUT2D eigenvalue weighted by molar-refractivity contribution is -0.00838. The summed E-state index contributed by atoms with van der Waals surface area (Å²) in [4.78, 5) is 11.1. The van der Waals surface area contributed by atoms with Gasteiger partial charge in [-0.2, -0.15) is 0 Å². The Labute approximate surface area is 156 Å². The monoisotopic (exact) mass is 360 g/mol. The first-order chi connectivity index (χ1) is 12.4. The fraction of sp³-hybridized carbons (Fsp3) is 0.700. The number of β-amino-alcohol motifs (C(OH)–C–C–N with tert-alkyl or cyclic N) is 2. The molecule has 1 fully saturated rings. The third kappa shape index (κ3) is 4.61. The number of likely N-dealkylation sites (tertiary alicyclic amines) is 1. The molecule has 0 unspecified atom stereocenters. The molecule has 2 aliphatic rings. The van der Waals surface area contributed by atoms with Crippen LogP contribution < -0.4 is 5.73 Å². The first-order valence-corrected chi connectivity index (χ1v) is 9.84. The van der Waals surface area contributed by atoms with Crippen molar-refractivity contribution in [2.45, 2.75) is 71.0 Å². The van der Waals surface area contributed by atoms with Gasteiger partial charge in [0.1, 0.15) is 11.6 Å². The second kappa shape index (κ2) is 8.46. The molecule has 4 N–H and O–H groups in total. The van der Waals surface area contributed by atoms with Crippen molar-refractivity contribution in [2.24, 2.45) is 0 Å². The highest BCUT2D eigenvalue weighted by atomic mass is 16.3. The molecule has 0 spiro atoms. The van der Waals surface area contributed by atoms with Crippen LogP contribution in [0.5, 0.6) is 0 Å². The Morgan fingerprint density at radius 1 is 1.04 bits per heavy atom. The molecule has 0 saturated carbocycles. The lowest BCUT2D eigenvalue weighted by Gasteiger charge is -2.33. The average Bonchev–Trinajstić information content (AvgIpc) is 2.86. The number of rotatable bonds is 7. The molecule has 0 bridgehead atoms. The lowest BCUT2D eigenvalue weighted by Crippen LogP contribution is -2.45. The van der Waals surface area contributed by atoms with Crippen LogP contribution in [0.25, 0.3) is 5.57 Å². The molecule has 1 aliphatic heterocycles. The molecule has 26 heavy (non-hydrogen) atoms. The fourth-order valence-corrected chi connectivity index (χ4v) is 4.25. The van der Waals surface area contributed by atoms with Crippen molar-refractivity contribution in [3.63, 3.8) is 0 Å². The van der Waals surface area contributed by atoms with Gasteiger partial charge in [0.15, 0.2) is 0 Å². The minimum Gasteiger partial charge on any atom is -0.392 e. The molecule has 3 rings (SSSR count). The summed E-state index contributed by atoms with van der Waals surface area (Å²) in [5, 5.41) is 19.5. The quantitative estimate of drug-likeness (QED) is 0.644. The van der Waals surface area contributed by atoms with Crippen LogP contribution in [0.15, 0.2) is 5.57 Å². The molecule has 2 atom stereocenters. The highest BCUT2D eigenvalue weighted by Gasteiger charge is 2.24. The molecule has 6 nitrogen and oxygen atoms in total. The summed E-state index contributed by atoms with van der Waals surface area (Å²) < 4.78 is 0. The number of aliphatic hydroxyl groups excluding tert-OH is 2. The van der Waals surface area contributed by atoms with Crippen molar-refractivity contribution in [3.8, 4) is 0 Å². The number of fused-ring (bicyclic) bond motifs is 1. The Bertz CT molecular complexity index is 664. The van der Waals surface area contributed by atoms with Crippen molar-refractivity contribution in [2.75, 3.05) is 25.4 Å². The summed E-state index contributed by atoms with van der Waals surface area (Å²) in [6.07, 6.45) is 6.31. The van der Waals surface area contributed by atoms with Crippen LogP contribution >= 0.6 is 0 Å². The van der Waals surface area contributed by atoms with Crippen molar-refractivity contribution >= 4 is 11.4 Å². The molecule has 1 aliphatic carbocycles. The van der Waals surface area contributed by atoms with Crippen LogP contribution in [0.2, 0.25) is 0 Å². The van der Waals surface area contributed by atoms with E-state index in [0.717, 1.165) is 49.3 Å². The largest absolute Gasteiger partial charge is 0.392 e. The Balaban J connectivity index is 1.40. The number of anilines is 1. The zero-order valence-electron chi connectivity index (χ0n) is 16.0. The van der Waals surface area contributed by atoms with E-state index < -0.39 is 0 Å². The normalized spacial score (nSPS) is 23.5. The van der Waals surface area contributed by atoms with Crippen molar-refractivity contribution < 1.29 is 10.2 Å². The number of aliphatic hydroxyl groups is 2. The van der Waals surface area contributed by atoms with Gasteiger partial charge in [0, 0.05) is 25.1 Å². The third-order valence-electron chi connectivity index (χ3n) is 5.53. The maximum atomic E-state index is 9.73. The van der Waals surface area contributed by atoms with Gasteiger partial charge in [-0.15, -0.1) is 0 Å². The third-order valence-corrected chi connectivity index (χ3v) is 5.53. The summed E-state index contributed by atoms with van der Waals surface area (Å²) in [5.41, 5.74) is 11.0. The summed E-state index contributed by atoms with van der Waals surface area (Å²) in [6.45, 7) is 6.43. The fourth-order valence-electron chi connectivity index (χ4n) is 4.25. The highest BCUT2D eigenvalue weighted by molar-refractivity contribution is 5.76. The first-order valence-electron chi connectivity index (χ1n) is 9.84. The van der Waals surface area contributed by atoms with Gasteiger partial charge in [-0.05, 0) is 51.6 Å². The Morgan fingerprint density at radius 3 is 2.46 bits per heavy atom. The van der Waals surface area contributed by atoms with Crippen LogP contribution in [-0.2, 0) is 6.42 Å². The van der Waals surface area contributed by atoms with Gasteiger partial charge in [0.25, 0.3) is 0 Å². The van der Waals surface area contributed by atoms with Crippen LogP contribution in [0.4, 0.5) is 5.82 Å². The smallest absolute Gasteiger partial charge is 0.131 e. The predicted molar refractivity (Wildman–Crippen MR) is 104 cm³/mol. The molecule has 1 aromatic heterocycles. The number of nitrogens with two attached hydrogens (primary N) is 1. The Kier molecular flexibility index (Phi) is 6.27. The van der Waals surface area contributed by atoms with Gasteiger partial charge < -0.3 is 15.9 Å². The molecule has 6 heteroatoms. The minimum absolute atomic E-state index is 0.381. The van der Waals surface area contributed by atoms with E-state index in [9.17, 15) is 10.2 Å². The van der Waals surface area contributed by atoms with E-state index in [1.165, 1.54) is 24.0 Å². The van der Waals surface area contributed by atoms with Gasteiger partial charge in [-0.25, -0.2) is 9.97 Å². The molecule has 2 heterocycles. The standard InChI is InChI=1S/C20H32N4O2/c1-13-9-18-19(22-14(2)23-20(18)21)17(13)7-5-3-4-6-8-24-11-15(25)10-16(26)12-24/h15-16,25-26H,3-12H2,1-2H3,(H2,21,22,23)/t15-,16-/m1/s1. The minimum atomic E-state index is -0.381. The number of nitrogens with zero attached hydrogens (tertiary/aromatic N) is 3.